The lowest BCUT2D eigenvalue weighted by atomic mass is 10.2. The van der Waals surface area contributed by atoms with Crippen LogP contribution in [-0.2, 0) is 0 Å². The van der Waals surface area contributed by atoms with Crippen molar-refractivity contribution in [2.24, 2.45) is 0 Å². The van der Waals surface area contributed by atoms with Gasteiger partial charge < -0.3 is 9.88 Å². The second kappa shape index (κ2) is 4.12. The third kappa shape index (κ3) is 1.91. The molecule has 0 spiro atoms. The second-order valence-corrected chi connectivity index (χ2v) is 2.99. The van der Waals surface area contributed by atoms with Gasteiger partial charge in [-0.2, -0.15) is 0 Å². The first-order valence-electron chi connectivity index (χ1n) is 4.64. The minimum atomic E-state index is 0.00407. The van der Waals surface area contributed by atoms with Crippen LogP contribution in [0.25, 0.3) is 0 Å². The van der Waals surface area contributed by atoms with Crippen molar-refractivity contribution in [2.75, 3.05) is 18.0 Å². The van der Waals surface area contributed by atoms with Crippen molar-refractivity contribution in [1.29, 1.82) is 0 Å². The number of H-pyrrole nitrogens is 1. The van der Waals surface area contributed by atoms with E-state index in [1.165, 1.54) is 0 Å². The molecule has 0 atom stereocenters. The number of pyridine rings is 1. The zero-order valence-corrected chi connectivity index (χ0v) is 8.42. The molecule has 1 aromatic heterocycles. The molecule has 0 aliphatic carbocycles. The fourth-order valence-corrected chi connectivity index (χ4v) is 1.45. The number of aromatic amines is 1. The maximum absolute atomic E-state index is 11.3. The molecular formula is C10H16N2O. The van der Waals surface area contributed by atoms with E-state index in [1.54, 1.807) is 6.20 Å². The smallest absolute Gasteiger partial charge is 0.252 e. The zero-order valence-electron chi connectivity index (χ0n) is 8.42. The lowest BCUT2D eigenvalue weighted by Crippen LogP contribution is -2.25. The Balaban J connectivity index is 3.13. The van der Waals surface area contributed by atoms with Gasteiger partial charge in [-0.1, -0.05) is 0 Å². The maximum Gasteiger partial charge on any atom is 0.252 e. The number of aromatic nitrogens is 1. The molecule has 0 aliphatic heterocycles. The summed E-state index contributed by atoms with van der Waals surface area (Å²) in [5.74, 6) is 0. The van der Waals surface area contributed by atoms with Crippen LogP contribution in [0.5, 0.6) is 0 Å². The SMILES string of the molecule is CCN(CC)c1cc[nH]c(=O)c1C. The van der Waals surface area contributed by atoms with Gasteiger partial charge in [-0.25, -0.2) is 0 Å². The molecule has 0 saturated carbocycles. The summed E-state index contributed by atoms with van der Waals surface area (Å²) in [4.78, 5) is 16.1. The maximum atomic E-state index is 11.3. The quantitative estimate of drug-likeness (QED) is 0.765. The van der Waals surface area contributed by atoms with Crippen molar-refractivity contribution < 1.29 is 0 Å². The fourth-order valence-electron chi connectivity index (χ4n) is 1.45. The van der Waals surface area contributed by atoms with Crippen LogP contribution < -0.4 is 10.5 Å². The monoisotopic (exact) mass is 180 g/mol. The van der Waals surface area contributed by atoms with Gasteiger partial charge in [0.05, 0.1) is 0 Å². The Kier molecular flexibility index (Phi) is 3.12. The largest absolute Gasteiger partial charge is 0.372 e. The van der Waals surface area contributed by atoms with Gasteiger partial charge in [0, 0.05) is 30.5 Å². The molecule has 0 radical (unpaired) electrons. The highest BCUT2D eigenvalue weighted by molar-refractivity contribution is 5.51. The molecule has 1 rings (SSSR count). The standard InChI is InChI=1S/C10H16N2O/c1-4-12(5-2)9-6-7-11-10(13)8(9)3/h6-7H,4-5H2,1-3H3,(H,11,13). The third-order valence-electron chi connectivity index (χ3n) is 2.28. The summed E-state index contributed by atoms with van der Waals surface area (Å²) in [6, 6.07) is 1.95. The van der Waals surface area contributed by atoms with Crippen molar-refractivity contribution >= 4 is 5.69 Å². The number of nitrogens with zero attached hydrogens (tertiary/aromatic N) is 1. The van der Waals surface area contributed by atoms with Crippen LogP contribution in [0.15, 0.2) is 17.1 Å². The molecule has 0 bridgehead atoms. The molecule has 0 unspecified atom stereocenters. The van der Waals surface area contributed by atoms with Crippen molar-refractivity contribution in [2.45, 2.75) is 20.8 Å². The minimum Gasteiger partial charge on any atom is -0.372 e. The van der Waals surface area contributed by atoms with Crippen molar-refractivity contribution in [3.8, 4) is 0 Å². The van der Waals surface area contributed by atoms with Gasteiger partial charge in [-0.15, -0.1) is 0 Å². The highest BCUT2D eigenvalue weighted by Crippen LogP contribution is 2.14. The summed E-state index contributed by atoms with van der Waals surface area (Å²) in [5.41, 5.74) is 1.84. The first kappa shape index (κ1) is 9.84. The summed E-state index contributed by atoms with van der Waals surface area (Å²) < 4.78 is 0. The predicted molar refractivity (Wildman–Crippen MR) is 55.4 cm³/mol. The van der Waals surface area contributed by atoms with Crippen molar-refractivity contribution in [3.63, 3.8) is 0 Å². The van der Waals surface area contributed by atoms with E-state index in [9.17, 15) is 4.79 Å². The molecule has 0 aliphatic rings. The first-order valence-corrected chi connectivity index (χ1v) is 4.64. The van der Waals surface area contributed by atoms with Gasteiger partial charge in [0.15, 0.2) is 0 Å². The van der Waals surface area contributed by atoms with Gasteiger partial charge >= 0.3 is 0 Å². The Morgan fingerprint density at radius 2 is 2.00 bits per heavy atom. The molecule has 1 N–H and O–H groups in total. The highest BCUT2D eigenvalue weighted by Gasteiger charge is 2.06. The highest BCUT2D eigenvalue weighted by atomic mass is 16.1. The minimum absolute atomic E-state index is 0.00407. The first-order chi connectivity index (χ1) is 6.20. The number of hydrogen-bond donors (Lipinski definition) is 1. The number of rotatable bonds is 3. The number of nitrogens with one attached hydrogen (secondary N) is 1. The lowest BCUT2D eigenvalue weighted by Gasteiger charge is -2.22. The third-order valence-corrected chi connectivity index (χ3v) is 2.28. The van der Waals surface area contributed by atoms with Gasteiger partial charge in [0.1, 0.15) is 0 Å². The summed E-state index contributed by atoms with van der Waals surface area (Å²) in [7, 11) is 0. The Labute approximate surface area is 78.4 Å². The fraction of sp³-hybridized carbons (Fsp3) is 0.500. The lowest BCUT2D eigenvalue weighted by molar-refractivity contribution is 0.857. The molecular weight excluding hydrogens is 164 g/mol. The number of anilines is 1. The molecule has 1 heterocycles. The van der Waals surface area contributed by atoms with Crippen molar-refractivity contribution in [3.05, 3.63) is 28.2 Å². The average molecular weight is 180 g/mol. The summed E-state index contributed by atoms with van der Waals surface area (Å²) in [6.07, 6.45) is 1.70. The average Bonchev–Trinajstić information content (AvgIpc) is 2.14. The molecule has 13 heavy (non-hydrogen) atoms. The molecule has 0 aromatic carbocycles. The van der Waals surface area contributed by atoms with E-state index < -0.39 is 0 Å². The van der Waals surface area contributed by atoms with Crippen LogP contribution in [-0.4, -0.2) is 18.1 Å². The summed E-state index contributed by atoms with van der Waals surface area (Å²) >= 11 is 0. The van der Waals surface area contributed by atoms with Gasteiger partial charge in [0.25, 0.3) is 5.56 Å². The van der Waals surface area contributed by atoms with E-state index in [0.717, 1.165) is 24.3 Å². The topological polar surface area (TPSA) is 36.1 Å². The summed E-state index contributed by atoms with van der Waals surface area (Å²) in [6.45, 7) is 7.89. The van der Waals surface area contributed by atoms with Crippen molar-refractivity contribution in [1.82, 2.24) is 4.98 Å². The van der Waals surface area contributed by atoms with Crippen LogP contribution in [0.2, 0.25) is 0 Å². The molecule has 3 nitrogen and oxygen atoms in total. The van der Waals surface area contributed by atoms with Crippen LogP contribution in [0.3, 0.4) is 0 Å². The predicted octanol–water partition coefficient (Wildman–Crippen LogP) is 1.53. The second-order valence-electron chi connectivity index (χ2n) is 2.99. The van der Waals surface area contributed by atoms with Gasteiger partial charge in [-0.05, 0) is 26.8 Å². The van der Waals surface area contributed by atoms with E-state index in [4.69, 9.17) is 0 Å². The Morgan fingerprint density at radius 1 is 1.38 bits per heavy atom. The van der Waals surface area contributed by atoms with E-state index in [0.29, 0.717) is 0 Å². The molecule has 1 aromatic rings. The summed E-state index contributed by atoms with van der Waals surface area (Å²) in [5, 5.41) is 0. The van der Waals surface area contributed by atoms with Crippen LogP contribution in [0.4, 0.5) is 5.69 Å². The van der Waals surface area contributed by atoms with Crippen LogP contribution >= 0.6 is 0 Å². The number of hydrogen-bond acceptors (Lipinski definition) is 2. The van der Waals surface area contributed by atoms with Crippen LogP contribution in [0.1, 0.15) is 19.4 Å². The van der Waals surface area contributed by atoms with E-state index >= 15 is 0 Å². The normalized spacial score (nSPS) is 10.1. The Hall–Kier alpha value is -1.25. The van der Waals surface area contributed by atoms with E-state index in [-0.39, 0.29) is 5.56 Å². The van der Waals surface area contributed by atoms with Gasteiger partial charge in [0.2, 0.25) is 0 Å². The van der Waals surface area contributed by atoms with E-state index in [2.05, 4.69) is 23.7 Å². The Bertz CT molecular complexity index is 326. The molecule has 3 heteroatoms. The molecule has 72 valence electrons. The van der Waals surface area contributed by atoms with E-state index in [1.807, 2.05) is 13.0 Å². The molecule has 0 fully saturated rings. The van der Waals surface area contributed by atoms with Crippen LogP contribution in [0, 0.1) is 6.92 Å². The molecule has 0 amide bonds. The zero-order chi connectivity index (χ0) is 9.84. The Morgan fingerprint density at radius 3 is 2.54 bits per heavy atom. The molecule has 0 saturated heterocycles. The van der Waals surface area contributed by atoms with Gasteiger partial charge in [-0.3, -0.25) is 4.79 Å².